The summed E-state index contributed by atoms with van der Waals surface area (Å²) in [5.41, 5.74) is 1.10. The average Bonchev–Trinajstić information content (AvgIpc) is 2.56. The van der Waals surface area contributed by atoms with Crippen molar-refractivity contribution < 1.29 is 14.3 Å². The second-order valence-corrected chi connectivity index (χ2v) is 6.60. The molecule has 0 heterocycles. The molecule has 1 aromatic rings. The fourth-order valence-corrected chi connectivity index (χ4v) is 3.01. The van der Waals surface area contributed by atoms with E-state index in [0.717, 1.165) is 25.7 Å². The quantitative estimate of drug-likeness (QED) is 0.617. The Morgan fingerprint density at radius 1 is 1.30 bits per heavy atom. The van der Waals surface area contributed by atoms with Gasteiger partial charge in [0.15, 0.2) is 5.78 Å². The highest BCUT2D eigenvalue weighted by Crippen LogP contribution is 2.30. The highest BCUT2D eigenvalue weighted by Gasteiger charge is 2.22. The van der Waals surface area contributed by atoms with Gasteiger partial charge in [-0.2, -0.15) is 0 Å². The number of hydrogen-bond donors (Lipinski definition) is 1. The third-order valence-corrected chi connectivity index (χ3v) is 4.36. The Bertz CT molecular complexity index is 565. The molecule has 0 spiro atoms. The van der Waals surface area contributed by atoms with Crippen LogP contribution in [0.1, 0.15) is 56.3 Å². The maximum Gasteiger partial charge on any atom is 0.227 e. The molecule has 1 N–H and O–H groups in total. The van der Waals surface area contributed by atoms with E-state index in [9.17, 15) is 9.59 Å². The van der Waals surface area contributed by atoms with Crippen molar-refractivity contribution in [3.05, 3.63) is 23.8 Å². The molecule has 2 rings (SSSR count). The number of carbonyl (C=O) groups excluding carboxylic acids is 2. The summed E-state index contributed by atoms with van der Waals surface area (Å²) in [6, 6.07) is 5.06. The second kappa shape index (κ2) is 8.34. The van der Waals surface area contributed by atoms with E-state index in [-0.39, 0.29) is 17.6 Å². The Hall–Kier alpha value is -1.55. The van der Waals surface area contributed by atoms with Gasteiger partial charge < -0.3 is 10.1 Å². The number of ketones is 1. The van der Waals surface area contributed by atoms with Crippen LogP contribution in [0.2, 0.25) is 0 Å². The molecule has 0 saturated heterocycles. The van der Waals surface area contributed by atoms with Crippen molar-refractivity contribution in [3.8, 4) is 5.75 Å². The summed E-state index contributed by atoms with van der Waals surface area (Å²) in [6.07, 6.45) is 5.31. The summed E-state index contributed by atoms with van der Waals surface area (Å²) in [5, 5.41) is 2.36. The lowest BCUT2D eigenvalue weighted by molar-refractivity contribution is -0.120. The monoisotopic (exact) mass is 337 g/mol. The molecule has 0 aliphatic heterocycles. The van der Waals surface area contributed by atoms with Crippen LogP contribution in [0.3, 0.4) is 0 Å². The number of carbonyl (C=O) groups is 2. The van der Waals surface area contributed by atoms with Gasteiger partial charge >= 0.3 is 0 Å². The maximum absolute atomic E-state index is 12.4. The number of rotatable bonds is 6. The van der Waals surface area contributed by atoms with E-state index in [2.05, 4.69) is 5.32 Å². The second-order valence-electron chi connectivity index (χ2n) is 5.95. The zero-order chi connectivity index (χ0) is 16.8. The van der Waals surface area contributed by atoms with Gasteiger partial charge in [-0.1, -0.05) is 19.3 Å². The molecule has 1 aliphatic rings. The Balaban J connectivity index is 2.16. The summed E-state index contributed by atoms with van der Waals surface area (Å²) < 4.78 is 5.59. The van der Waals surface area contributed by atoms with Crippen molar-refractivity contribution in [2.24, 2.45) is 5.92 Å². The van der Waals surface area contributed by atoms with Crippen molar-refractivity contribution in [2.75, 3.05) is 11.9 Å². The molecule has 4 nitrogen and oxygen atoms in total. The number of benzene rings is 1. The lowest BCUT2D eigenvalue weighted by Crippen LogP contribution is -2.25. The van der Waals surface area contributed by atoms with Crippen LogP contribution in [0.15, 0.2) is 18.2 Å². The number of hydrogen-bond acceptors (Lipinski definition) is 3. The smallest absolute Gasteiger partial charge is 0.227 e. The molecule has 1 saturated carbocycles. The largest absolute Gasteiger partial charge is 0.492 e. The van der Waals surface area contributed by atoms with Gasteiger partial charge in [0.1, 0.15) is 5.75 Å². The fraction of sp³-hybridized carbons (Fsp3) is 0.556. The zero-order valence-corrected chi connectivity index (χ0v) is 14.5. The van der Waals surface area contributed by atoms with Crippen LogP contribution in [-0.2, 0) is 4.79 Å². The summed E-state index contributed by atoms with van der Waals surface area (Å²) in [5.74, 6) is 0.468. The molecule has 1 fully saturated rings. The molecule has 5 heteroatoms. The first-order valence-electron chi connectivity index (χ1n) is 8.29. The highest BCUT2D eigenvalue weighted by atomic mass is 35.5. The zero-order valence-electron chi connectivity index (χ0n) is 13.7. The number of Topliss-reactive ketones (excluding diaryl/α,β-unsaturated/α-hetero) is 1. The predicted molar refractivity (Wildman–Crippen MR) is 92.5 cm³/mol. The van der Waals surface area contributed by atoms with E-state index in [0.29, 0.717) is 23.6 Å². The first kappa shape index (κ1) is 17.8. The molecule has 1 atom stereocenters. The van der Waals surface area contributed by atoms with E-state index in [1.807, 2.05) is 6.92 Å². The minimum Gasteiger partial charge on any atom is -0.492 e. The Kier molecular flexibility index (Phi) is 6.46. The van der Waals surface area contributed by atoms with Crippen LogP contribution in [-0.4, -0.2) is 23.7 Å². The first-order chi connectivity index (χ1) is 11.0. The molecule has 1 unspecified atom stereocenters. The van der Waals surface area contributed by atoms with E-state index < -0.39 is 5.38 Å². The third kappa shape index (κ3) is 4.71. The summed E-state index contributed by atoms with van der Waals surface area (Å²) in [6.45, 7) is 3.97. The molecule has 1 aliphatic carbocycles. The van der Waals surface area contributed by atoms with Crippen LogP contribution in [0, 0.1) is 5.92 Å². The van der Waals surface area contributed by atoms with E-state index in [1.54, 1.807) is 25.1 Å². The van der Waals surface area contributed by atoms with Gasteiger partial charge in [0.05, 0.1) is 17.7 Å². The van der Waals surface area contributed by atoms with Crippen LogP contribution >= 0.6 is 11.6 Å². The van der Waals surface area contributed by atoms with Crippen LogP contribution < -0.4 is 10.1 Å². The predicted octanol–water partition coefficient (Wildman–Crippen LogP) is 4.41. The number of halogens is 1. The van der Waals surface area contributed by atoms with Crippen molar-refractivity contribution in [1.82, 2.24) is 0 Å². The fourth-order valence-electron chi connectivity index (χ4n) is 2.88. The Morgan fingerprint density at radius 3 is 2.61 bits per heavy atom. The van der Waals surface area contributed by atoms with Gasteiger partial charge in [-0.3, -0.25) is 9.59 Å². The van der Waals surface area contributed by atoms with Crippen molar-refractivity contribution in [1.29, 1.82) is 0 Å². The maximum atomic E-state index is 12.4. The lowest BCUT2D eigenvalue weighted by Gasteiger charge is -2.21. The number of ether oxygens (including phenoxy) is 1. The molecule has 0 bridgehead atoms. The van der Waals surface area contributed by atoms with Crippen LogP contribution in [0.5, 0.6) is 5.75 Å². The minimum absolute atomic E-state index is 0.0374. The van der Waals surface area contributed by atoms with Gasteiger partial charge in [0, 0.05) is 11.5 Å². The number of alkyl halides is 1. The normalized spacial score (nSPS) is 16.7. The summed E-state index contributed by atoms with van der Waals surface area (Å²) >= 11 is 5.86. The Labute approximate surface area is 142 Å². The minimum atomic E-state index is -0.591. The van der Waals surface area contributed by atoms with Gasteiger partial charge in [0.2, 0.25) is 5.91 Å². The number of nitrogens with one attached hydrogen (secondary N) is 1. The SMILES string of the molecule is CCOc1cc(C(=O)C(C)Cl)ccc1NC(=O)C1CCCCC1. The summed E-state index contributed by atoms with van der Waals surface area (Å²) in [4.78, 5) is 24.4. The van der Waals surface area contributed by atoms with E-state index in [4.69, 9.17) is 16.3 Å². The lowest BCUT2D eigenvalue weighted by atomic mass is 9.88. The number of anilines is 1. The topological polar surface area (TPSA) is 55.4 Å². The Morgan fingerprint density at radius 2 is 2.00 bits per heavy atom. The molecule has 0 radical (unpaired) electrons. The molecular weight excluding hydrogens is 314 g/mol. The summed E-state index contributed by atoms with van der Waals surface area (Å²) in [7, 11) is 0. The van der Waals surface area contributed by atoms with E-state index >= 15 is 0 Å². The van der Waals surface area contributed by atoms with Crippen molar-refractivity contribution in [2.45, 2.75) is 51.3 Å². The average molecular weight is 338 g/mol. The van der Waals surface area contributed by atoms with E-state index in [1.165, 1.54) is 6.42 Å². The van der Waals surface area contributed by atoms with Gasteiger partial charge in [-0.25, -0.2) is 0 Å². The third-order valence-electron chi connectivity index (χ3n) is 4.16. The standard InChI is InChI=1S/C18H24ClNO3/c1-3-23-16-11-14(17(21)12(2)19)9-10-15(16)20-18(22)13-7-5-4-6-8-13/h9-13H,3-8H2,1-2H3,(H,20,22). The van der Waals surface area contributed by atoms with Crippen LogP contribution in [0.4, 0.5) is 5.69 Å². The van der Waals surface area contributed by atoms with Crippen molar-refractivity contribution >= 4 is 29.0 Å². The molecular formula is C18H24ClNO3. The number of amides is 1. The van der Waals surface area contributed by atoms with Gasteiger partial charge in [-0.05, 0) is 44.9 Å². The van der Waals surface area contributed by atoms with Gasteiger partial charge in [-0.15, -0.1) is 11.6 Å². The molecule has 1 aromatic carbocycles. The van der Waals surface area contributed by atoms with Gasteiger partial charge in [0.25, 0.3) is 0 Å². The van der Waals surface area contributed by atoms with Crippen molar-refractivity contribution in [3.63, 3.8) is 0 Å². The molecule has 23 heavy (non-hydrogen) atoms. The molecule has 1 amide bonds. The highest BCUT2D eigenvalue weighted by molar-refractivity contribution is 6.33. The first-order valence-corrected chi connectivity index (χ1v) is 8.72. The van der Waals surface area contributed by atoms with Crippen LogP contribution in [0.25, 0.3) is 0 Å². The molecule has 126 valence electrons. The molecule has 0 aromatic heterocycles.